The van der Waals surface area contributed by atoms with Crippen LogP contribution in [0.5, 0.6) is 0 Å². The van der Waals surface area contributed by atoms with E-state index in [0.29, 0.717) is 0 Å². The number of pyridine rings is 1. The van der Waals surface area contributed by atoms with Crippen molar-refractivity contribution in [2.45, 2.75) is 31.9 Å². The van der Waals surface area contributed by atoms with Gasteiger partial charge in [0.05, 0.1) is 24.8 Å². The van der Waals surface area contributed by atoms with Crippen molar-refractivity contribution in [3.8, 4) is 0 Å². The fourth-order valence-corrected chi connectivity index (χ4v) is 3.00. The SMILES string of the molecule is OCc1cc(N2CCCCC2CO)nc2ccccc12. The van der Waals surface area contributed by atoms with E-state index in [9.17, 15) is 10.2 Å². The van der Waals surface area contributed by atoms with Gasteiger partial charge in [-0.05, 0) is 37.0 Å². The fourth-order valence-electron chi connectivity index (χ4n) is 3.00. The molecule has 1 saturated heterocycles. The highest BCUT2D eigenvalue weighted by atomic mass is 16.3. The quantitative estimate of drug-likeness (QED) is 0.898. The minimum absolute atomic E-state index is 0.00760. The summed E-state index contributed by atoms with van der Waals surface area (Å²) in [6.45, 7) is 1.08. The van der Waals surface area contributed by atoms with E-state index in [2.05, 4.69) is 4.90 Å². The Morgan fingerprint density at radius 1 is 1.20 bits per heavy atom. The monoisotopic (exact) mass is 272 g/mol. The fraction of sp³-hybridized carbons (Fsp3) is 0.438. The van der Waals surface area contributed by atoms with Gasteiger partial charge in [-0.1, -0.05) is 18.2 Å². The van der Waals surface area contributed by atoms with Gasteiger partial charge in [0.15, 0.2) is 0 Å². The summed E-state index contributed by atoms with van der Waals surface area (Å²) in [6.07, 6.45) is 3.28. The van der Waals surface area contributed by atoms with Crippen LogP contribution in [0.2, 0.25) is 0 Å². The molecule has 4 nitrogen and oxygen atoms in total. The summed E-state index contributed by atoms with van der Waals surface area (Å²) in [5.74, 6) is 0.867. The normalized spacial score (nSPS) is 19.5. The van der Waals surface area contributed by atoms with Gasteiger partial charge in [0, 0.05) is 11.9 Å². The molecule has 0 spiro atoms. The number of fused-ring (bicyclic) bond motifs is 1. The van der Waals surface area contributed by atoms with Gasteiger partial charge in [0.1, 0.15) is 5.82 Å². The molecule has 1 atom stereocenters. The van der Waals surface area contributed by atoms with Gasteiger partial charge in [-0.15, -0.1) is 0 Å². The van der Waals surface area contributed by atoms with Crippen LogP contribution in [0.3, 0.4) is 0 Å². The van der Waals surface area contributed by atoms with Crippen molar-refractivity contribution in [2.75, 3.05) is 18.1 Å². The van der Waals surface area contributed by atoms with Gasteiger partial charge in [0.25, 0.3) is 0 Å². The van der Waals surface area contributed by atoms with Crippen molar-refractivity contribution < 1.29 is 10.2 Å². The lowest BCUT2D eigenvalue weighted by atomic mass is 10.0. The zero-order valence-electron chi connectivity index (χ0n) is 11.5. The zero-order valence-corrected chi connectivity index (χ0v) is 11.5. The van der Waals surface area contributed by atoms with E-state index in [1.807, 2.05) is 30.3 Å². The third kappa shape index (κ3) is 2.37. The van der Waals surface area contributed by atoms with Crippen LogP contribution in [0.1, 0.15) is 24.8 Å². The van der Waals surface area contributed by atoms with Crippen molar-refractivity contribution in [1.29, 1.82) is 0 Å². The molecular weight excluding hydrogens is 252 g/mol. The lowest BCUT2D eigenvalue weighted by molar-refractivity contribution is 0.239. The van der Waals surface area contributed by atoms with E-state index in [0.717, 1.165) is 48.1 Å². The second-order valence-corrected chi connectivity index (χ2v) is 5.34. The number of aliphatic hydroxyl groups is 2. The molecular formula is C16H20N2O2. The van der Waals surface area contributed by atoms with Crippen LogP contribution in [0, 0.1) is 0 Å². The Bertz CT molecular complexity index is 600. The van der Waals surface area contributed by atoms with Crippen molar-refractivity contribution in [3.63, 3.8) is 0 Å². The standard InChI is InChI=1S/C16H20N2O2/c19-10-12-9-16(17-15-7-2-1-6-14(12)15)18-8-4-3-5-13(18)11-20/h1-2,6-7,9,13,19-20H,3-5,8,10-11H2. The van der Waals surface area contributed by atoms with E-state index >= 15 is 0 Å². The molecule has 0 aliphatic carbocycles. The number of aromatic nitrogens is 1. The summed E-state index contributed by atoms with van der Waals surface area (Å²) in [4.78, 5) is 6.89. The number of anilines is 1. The Labute approximate surface area is 118 Å². The van der Waals surface area contributed by atoms with Crippen molar-refractivity contribution in [1.82, 2.24) is 4.98 Å². The van der Waals surface area contributed by atoms with E-state index in [-0.39, 0.29) is 19.3 Å². The van der Waals surface area contributed by atoms with Gasteiger partial charge in [0.2, 0.25) is 0 Å². The lowest BCUT2D eigenvalue weighted by Crippen LogP contribution is -2.42. The van der Waals surface area contributed by atoms with E-state index in [1.54, 1.807) is 0 Å². The highest BCUT2D eigenvalue weighted by molar-refractivity contribution is 5.84. The summed E-state index contributed by atoms with van der Waals surface area (Å²) in [7, 11) is 0. The number of aliphatic hydroxyl groups excluding tert-OH is 2. The Hall–Kier alpha value is -1.65. The Morgan fingerprint density at radius 3 is 2.85 bits per heavy atom. The number of para-hydroxylation sites is 1. The molecule has 1 unspecified atom stereocenters. The maximum Gasteiger partial charge on any atom is 0.129 e. The van der Waals surface area contributed by atoms with Crippen LogP contribution < -0.4 is 4.90 Å². The van der Waals surface area contributed by atoms with Crippen LogP contribution in [-0.4, -0.2) is 34.4 Å². The molecule has 0 amide bonds. The number of piperidine rings is 1. The highest BCUT2D eigenvalue weighted by Gasteiger charge is 2.23. The predicted molar refractivity (Wildman–Crippen MR) is 79.7 cm³/mol. The second-order valence-electron chi connectivity index (χ2n) is 5.34. The van der Waals surface area contributed by atoms with Crippen LogP contribution in [-0.2, 0) is 6.61 Å². The van der Waals surface area contributed by atoms with Crippen molar-refractivity contribution in [2.24, 2.45) is 0 Å². The van der Waals surface area contributed by atoms with Gasteiger partial charge < -0.3 is 15.1 Å². The Kier molecular flexibility index (Phi) is 3.85. The third-order valence-electron chi connectivity index (χ3n) is 4.09. The van der Waals surface area contributed by atoms with Crippen molar-refractivity contribution >= 4 is 16.7 Å². The van der Waals surface area contributed by atoms with E-state index in [1.165, 1.54) is 0 Å². The first kappa shape index (κ1) is 13.3. The molecule has 2 heterocycles. The molecule has 1 aliphatic heterocycles. The first-order valence-corrected chi connectivity index (χ1v) is 7.20. The molecule has 2 aromatic rings. The van der Waals surface area contributed by atoms with Crippen LogP contribution in [0.15, 0.2) is 30.3 Å². The molecule has 1 aromatic heterocycles. The summed E-state index contributed by atoms with van der Waals surface area (Å²) in [5.41, 5.74) is 1.80. The number of hydrogen-bond acceptors (Lipinski definition) is 4. The Balaban J connectivity index is 2.06. The summed E-state index contributed by atoms with van der Waals surface area (Å²) in [5, 5.41) is 20.1. The second kappa shape index (κ2) is 5.77. The predicted octanol–water partition coefficient (Wildman–Crippen LogP) is 2.08. The average molecular weight is 272 g/mol. The molecule has 1 aromatic carbocycles. The topological polar surface area (TPSA) is 56.6 Å². The summed E-state index contributed by atoms with van der Waals surface area (Å²) >= 11 is 0. The molecule has 0 saturated carbocycles. The molecule has 0 bridgehead atoms. The van der Waals surface area contributed by atoms with Crippen molar-refractivity contribution in [3.05, 3.63) is 35.9 Å². The largest absolute Gasteiger partial charge is 0.394 e. The molecule has 0 radical (unpaired) electrons. The highest BCUT2D eigenvalue weighted by Crippen LogP contribution is 2.27. The maximum atomic E-state index is 9.59. The molecule has 1 aliphatic rings. The molecule has 4 heteroatoms. The molecule has 1 fully saturated rings. The van der Waals surface area contributed by atoms with Gasteiger partial charge in [-0.3, -0.25) is 0 Å². The molecule has 2 N–H and O–H groups in total. The van der Waals surface area contributed by atoms with Gasteiger partial charge in [-0.2, -0.15) is 0 Å². The number of hydrogen-bond donors (Lipinski definition) is 2. The first-order chi connectivity index (χ1) is 9.83. The maximum absolute atomic E-state index is 9.59. The van der Waals surface area contributed by atoms with E-state index in [4.69, 9.17) is 4.98 Å². The minimum atomic E-state index is 0.00760. The number of benzene rings is 1. The van der Waals surface area contributed by atoms with Gasteiger partial charge in [-0.25, -0.2) is 4.98 Å². The number of nitrogens with zero attached hydrogens (tertiary/aromatic N) is 2. The summed E-state index contributed by atoms with van der Waals surface area (Å²) in [6, 6.07) is 9.97. The zero-order chi connectivity index (χ0) is 13.9. The van der Waals surface area contributed by atoms with Gasteiger partial charge >= 0.3 is 0 Å². The first-order valence-electron chi connectivity index (χ1n) is 7.20. The van der Waals surface area contributed by atoms with Crippen LogP contribution in [0.25, 0.3) is 10.9 Å². The molecule has 3 rings (SSSR count). The minimum Gasteiger partial charge on any atom is -0.394 e. The van der Waals surface area contributed by atoms with Crippen LogP contribution in [0.4, 0.5) is 5.82 Å². The molecule has 106 valence electrons. The molecule has 20 heavy (non-hydrogen) atoms. The lowest BCUT2D eigenvalue weighted by Gasteiger charge is -2.36. The summed E-state index contributed by atoms with van der Waals surface area (Å²) < 4.78 is 0. The van der Waals surface area contributed by atoms with E-state index < -0.39 is 0 Å². The van der Waals surface area contributed by atoms with Crippen LogP contribution >= 0.6 is 0 Å². The Morgan fingerprint density at radius 2 is 2.05 bits per heavy atom. The average Bonchev–Trinajstić information content (AvgIpc) is 2.53. The third-order valence-corrected chi connectivity index (χ3v) is 4.09. The number of rotatable bonds is 3. The smallest absolute Gasteiger partial charge is 0.129 e.